The fraction of sp³-hybridized carbons (Fsp3) is 0.440. The smallest absolute Gasteiger partial charge is 0.261 e. The number of hydrogen-bond donors (Lipinski definition) is 1. The van der Waals surface area contributed by atoms with Gasteiger partial charge in [-0.05, 0) is 55.9 Å². The van der Waals surface area contributed by atoms with Crippen LogP contribution in [0.25, 0.3) is 0 Å². The molecule has 0 aromatic heterocycles. The van der Waals surface area contributed by atoms with Crippen molar-refractivity contribution in [2.24, 2.45) is 0 Å². The van der Waals surface area contributed by atoms with E-state index < -0.39 is 6.04 Å². The van der Waals surface area contributed by atoms with Crippen molar-refractivity contribution < 1.29 is 14.3 Å². The summed E-state index contributed by atoms with van der Waals surface area (Å²) in [6.07, 6.45) is 2.10. The van der Waals surface area contributed by atoms with Crippen LogP contribution in [0.2, 0.25) is 0 Å². The largest absolute Gasteiger partial charge is 0.483 e. The summed E-state index contributed by atoms with van der Waals surface area (Å²) in [4.78, 5) is 27.5. The van der Waals surface area contributed by atoms with E-state index in [1.54, 1.807) is 4.90 Å². The average molecular weight is 411 g/mol. The van der Waals surface area contributed by atoms with Crippen molar-refractivity contribution in [1.29, 1.82) is 0 Å². The standard InChI is InChI=1S/C25H34N2O3/c1-5-16-26-25(29)22(6-2)27(17-15-21-12-8-7-9-13-21)24(28)18-30-23-14-10-11-19(3)20(23)4/h7-14,22H,5-6,15-18H2,1-4H3,(H,26,29)/t22-/m0/s1. The number of benzene rings is 2. The van der Waals surface area contributed by atoms with E-state index in [0.717, 1.165) is 23.1 Å². The average Bonchev–Trinajstić information content (AvgIpc) is 2.76. The summed E-state index contributed by atoms with van der Waals surface area (Å²) < 4.78 is 5.85. The summed E-state index contributed by atoms with van der Waals surface area (Å²) in [7, 11) is 0. The Kier molecular flexibility index (Phi) is 9.39. The van der Waals surface area contributed by atoms with Crippen molar-refractivity contribution in [2.75, 3.05) is 19.7 Å². The first-order valence-corrected chi connectivity index (χ1v) is 10.8. The maximum absolute atomic E-state index is 13.1. The van der Waals surface area contributed by atoms with Crippen molar-refractivity contribution in [2.45, 2.75) is 53.0 Å². The second-order valence-electron chi connectivity index (χ2n) is 7.52. The van der Waals surface area contributed by atoms with Gasteiger partial charge in [-0.3, -0.25) is 9.59 Å². The maximum Gasteiger partial charge on any atom is 0.261 e. The fourth-order valence-electron chi connectivity index (χ4n) is 3.36. The molecule has 0 fully saturated rings. The van der Waals surface area contributed by atoms with E-state index >= 15 is 0 Å². The van der Waals surface area contributed by atoms with Gasteiger partial charge >= 0.3 is 0 Å². The lowest BCUT2D eigenvalue weighted by Crippen LogP contribution is -2.51. The zero-order valence-corrected chi connectivity index (χ0v) is 18.6. The minimum atomic E-state index is -0.505. The molecule has 162 valence electrons. The van der Waals surface area contributed by atoms with Gasteiger partial charge in [0.25, 0.3) is 5.91 Å². The summed E-state index contributed by atoms with van der Waals surface area (Å²) in [6.45, 7) is 8.93. The van der Waals surface area contributed by atoms with Crippen LogP contribution < -0.4 is 10.1 Å². The lowest BCUT2D eigenvalue weighted by molar-refractivity contribution is -0.142. The second kappa shape index (κ2) is 12.0. The Morgan fingerprint density at radius 1 is 1.03 bits per heavy atom. The Bertz CT molecular complexity index is 820. The Morgan fingerprint density at radius 2 is 1.77 bits per heavy atom. The van der Waals surface area contributed by atoms with Gasteiger partial charge in [0, 0.05) is 13.1 Å². The Hall–Kier alpha value is -2.82. The number of carbonyl (C=O) groups is 2. The normalized spacial score (nSPS) is 11.6. The van der Waals surface area contributed by atoms with E-state index in [1.165, 1.54) is 0 Å². The van der Waals surface area contributed by atoms with Gasteiger partial charge in [-0.1, -0.05) is 56.3 Å². The molecule has 1 N–H and O–H groups in total. The van der Waals surface area contributed by atoms with Gasteiger partial charge in [-0.2, -0.15) is 0 Å². The van der Waals surface area contributed by atoms with Crippen molar-refractivity contribution >= 4 is 11.8 Å². The van der Waals surface area contributed by atoms with Gasteiger partial charge in [0.05, 0.1) is 0 Å². The van der Waals surface area contributed by atoms with Crippen LogP contribution in [-0.2, 0) is 16.0 Å². The minimum absolute atomic E-state index is 0.0867. The van der Waals surface area contributed by atoms with E-state index in [1.807, 2.05) is 76.2 Å². The zero-order valence-electron chi connectivity index (χ0n) is 18.6. The quantitative estimate of drug-likeness (QED) is 0.608. The molecule has 0 heterocycles. The summed E-state index contributed by atoms with van der Waals surface area (Å²) in [5.41, 5.74) is 3.27. The number of rotatable bonds is 11. The summed E-state index contributed by atoms with van der Waals surface area (Å²) >= 11 is 0. The van der Waals surface area contributed by atoms with Gasteiger partial charge in [0.1, 0.15) is 11.8 Å². The summed E-state index contributed by atoms with van der Waals surface area (Å²) in [5.74, 6) is 0.424. The third kappa shape index (κ3) is 6.61. The molecule has 0 aliphatic heterocycles. The molecular weight excluding hydrogens is 376 g/mol. The van der Waals surface area contributed by atoms with Crippen molar-refractivity contribution in [1.82, 2.24) is 10.2 Å². The molecule has 0 saturated carbocycles. The molecule has 0 aliphatic carbocycles. The minimum Gasteiger partial charge on any atom is -0.483 e. The Balaban J connectivity index is 2.14. The number of carbonyl (C=O) groups excluding carboxylic acids is 2. The number of hydrogen-bond acceptors (Lipinski definition) is 3. The highest BCUT2D eigenvalue weighted by molar-refractivity contribution is 5.88. The molecular formula is C25H34N2O3. The molecule has 5 nitrogen and oxygen atoms in total. The number of amides is 2. The Morgan fingerprint density at radius 3 is 2.43 bits per heavy atom. The molecule has 0 unspecified atom stereocenters. The first kappa shape index (κ1) is 23.5. The monoisotopic (exact) mass is 410 g/mol. The molecule has 0 bridgehead atoms. The van der Waals surface area contributed by atoms with Crippen LogP contribution in [0.5, 0.6) is 5.75 Å². The first-order chi connectivity index (χ1) is 14.5. The highest BCUT2D eigenvalue weighted by Crippen LogP contribution is 2.21. The zero-order chi connectivity index (χ0) is 21.9. The fourth-order valence-corrected chi connectivity index (χ4v) is 3.36. The van der Waals surface area contributed by atoms with Crippen LogP contribution in [0.3, 0.4) is 0 Å². The lowest BCUT2D eigenvalue weighted by atomic mass is 10.1. The SMILES string of the molecule is CCCNC(=O)[C@H](CC)N(CCc1ccccc1)C(=O)COc1cccc(C)c1C. The molecule has 2 aromatic rings. The highest BCUT2D eigenvalue weighted by Gasteiger charge is 2.28. The van der Waals surface area contributed by atoms with Crippen molar-refractivity contribution in [3.05, 3.63) is 65.2 Å². The molecule has 5 heteroatoms. The van der Waals surface area contributed by atoms with Gasteiger partial charge in [-0.15, -0.1) is 0 Å². The molecule has 0 saturated heterocycles. The molecule has 0 spiro atoms. The lowest BCUT2D eigenvalue weighted by Gasteiger charge is -2.30. The van der Waals surface area contributed by atoms with Crippen LogP contribution >= 0.6 is 0 Å². The second-order valence-corrected chi connectivity index (χ2v) is 7.52. The van der Waals surface area contributed by atoms with Crippen molar-refractivity contribution in [3.63, 3.8) is 0 Å². The third-order valence-corrected chi connectivity index (χ3v) is 5.33. The highest BCUT2D eigenvalue weighted by atomic mass is 16.5. The van der Waals surface area contributed by atoms with Crippen LogP contribution in [0.15, 0.2) is 48.5 Å². The van der Waals surface area contributed by atoms with Crippen LogP contribution in [0.4, 0.5) is 0 Å². The first-order valence-electron chi connectivity index (χ1n) is 10.8. The van der Waals surface area contributed by atoms with Gasteiger partial charge < -0.3 is 15.0 Å². The molecule has 2 amide bonds. The topological polar surface area (TPSA) is 58.6 Å². The molecule has 2 aromatic carbocycles. The van der Waals surface area contributed by atoms with Gasteiger partial charge in [0.2, 0.25) is 5.91 Å². The van der Waals surface area contributed by atoms with E-state index in [-0.39, 0.29) is 18.4 Å². The Labute approximate surface area is 180 Å². The van der Waals surface area contributed by atoms with Crippen LogP contribution in [0.1, 0.15) is 43.4 Å². The van der Waals surface area contributed by atoms with E-state index in [4.69, 9.17) is 4.74 Å². The molecule has 1 atom stereocenters. The number of aryl methyl sites for hydroxylation is 1. The van der Waals surface area contributed by atoms with Crippen molar-refractivity contribution in [3.8, 4) is 5.75 Å². The predicted molar refractivity (Wildman–Crippen MR) is 121 cm³/mol. The molecule has 30 heavy (non-hydrogen) atoms. The predicted octanol–water partition coefficient (Wildman–Crippen LogP) is 4.06. The van der Waals surface area contributed by atoms with Gasteiger partial charge in [0.15, 0.2) is 6.61 Å². The molecule has 0 radical (unpaired) electrons. The summed E-state index contributed by atoms with van der Waals surface area (Å²) in [5, 5.41) is 2.93. The molecule has 0 aliphatic rings. The number of ether oxygens (including phenoxy) is 1. The third-order valence-electron chi connectivity index (χ3n) is 5.33. The summed E-state index contributed by atoms with van der Waals surface area (Å²) in [6, 6.07) is 15.3. The van der Waals surface area contributed by atoms with E-state index in [2.05, 4.69) is 5.32 Å². The van der Waals surface area contributed by atoms with E-state index in [9.17, 15) is 9.59 Å². The van der Waals surface area contributed by atoms with E-state index in [0.29, 0.717) is 31.7 Å². The maximum atomic E-state index is 13.1. The van der Waals surface area contributed by atoms with Gasteiger partial charge in [-0.25, -0.2) is 0 Å². The van der Waals surface area contributed by atoms with Crippen LogP contribution in [0, 0.1) is 13.8 Å². The van der Waals surface area contributed by atoms with Crippen LogP contribution in [-0.4, -0.2) is 42.5 Å². The number of nitrogens with one attached hydrogen (secondary N) is 1. The molecule has 2 rings (SSSR count). The number of nitrogens with zero attached hydrogens (tertiary/aromatic N) is 1.